The fourth-order valence-electron chi connectivity index (χ4n) is 5.32. The molecule has 1 aromatic rings. The van der Waals surface area contributed by atoms with E-state index in [1.54, 1.807) is 6.07 Å². The Hall–Kier alpha value is -1.95. The van der Waals surface area contributed by atoms with Crippen molar-refractivity contribution in [1.82, 2.24) is 9.80 Å². The van der Waals surface area contributed by atoms with E-state index in [1.807, 2.05) is 11.8 Å². The van der Waals surface area contributed by atoms with Crippen LogP contribution in [-0.4, -0.2) is 47.3 Å². The maximum absolute atomic E-state index is 14.7. The van der Waals surface area contributed by atoms with Crippen LogP contribution in [0.25, 0.3) is 0 Å². The van der Waals surface area contributed by atoms with E-state index in [9.17, 15) is 14.0 Å². The molecule has 1 aromatic carbocycles. The van der Waals surface area contributed by atoms with Crippen LogP contribution in [0.3, 0.4) is 0 Å². The van der Waals surface area contributed by atoms with Gasteiger partial charge in [0.05, 0.1) is 0 Å². The zero-order chi connectivity index (χ0) is 22.3. The molecule has 2 saturated carbocycles. The Bertz CT molecular complexity index is 863. The first-order chi connectivity index (χ1) is 14.7. The van der Waals surface area contributed by atoms with E-state index >= 15 is 0 Å². The third-order valence-corrected chi connectivity index (χ3v) is 7.71. The zero-order valence-corrected chi connectivity index (χ0v) is 19.3. The third kappa shape index (κ3) is 4.64. The second-order valence-corrected chi connectivity index (χ2v) is 10.5. The second-order valence-electron chi connectivity index (χ2n) is 10.5. The lowest BCUT2D eigenvalue weighted by molar-refractivity contribution is -0.140. The van der Waals surface area contributed by atoms with E-state index in [1.165, 1.54) is 6.07 Å². The highest BCUT2D eigenvalue weighted by Crippen LogP contribution is 2.52. The normalized spacial score (nSPS) is 26.2. The Kier molecular flexibility index (Phi) is 6.12. The SMILES string of the molecule is Cc1c(NC(=O)C2CC2(C)C)ccc(F)c1CN1CCN(C(=O)C2CCCC2)C(C)C1. The van der Waals surface area contributed by atoms with Gasteiger partial charge in [-0.3, -0.25) is 14.5 Å². The molecular formula is C25H36FN3O2. The van der Waals surface area contributed by atoms with Crippen LogP contribution in [0.1, 0.15) is 64.0 Å². The van der Waals surface area contributed by atoms with Crippen LogP contribution in [0, 0.1) is 30.0 Å². The first-order valence-electron chi connectivity index (χ1n) is 11.8. The largest absolute Gasteiger partial charge is 0.337 e. The minimum Gasteiger partial charge on any atom is -0.337 e. The maximum Gasteiger partial charge on any atom is 0.228 e. The molecule has 3 aliphatic rings. The summed E-state index contributed by atoms with van der Waals surface area (Å²) in [6.45, 7) is 10.8. The number of hydrogen-bond acceptors (Lipinski definition) is 3. The molecule has 31 heavy (non-hydrogen) atoms. The van der Waals surface area contributed by atoms with E-state index in [0.717, 1.165) is 50.8 Å². The summed E-state index contributed by atoms with van der Waals surface area (Å²) < 4.78 is 14.7. The molecular weight excluding hydrogens is 393 g/mol. The summed E-state index contributed by atoms with van der Waals surface area (Å²) in [6, 6.07) is 3.26. The molecule has 3 fully saturated rings. The van der Waals surface area contributed by atoms with Crippen LogP contribution < -0.4 is 5.32 Å². The summed E-state index contributed by atoms with van der Waals surface area (Å²) in [4.78, 5) is 29.6. The highest BCUT2D eigenvalue weighted by Gasteiger charge is 2.50. The Balaban J connectivity index is 1.40. The summed E-state index contributed by atoms with van der Waals surface area (Å²) in [6.07, 6.45) is 5.26. The van der Waals surface area contributed by atoms with E-state index in [2.05, 4.69) is 31.0 Å². The van der Waals surface area contributed by atoms with Crippen molar-refractivity contribution in [3.8, 4) is 0 Å². The minimum atomic E-state index is -0.237. The van der Waals surface area contributed by atoms with Gasteiger partial charge in [0.15, 0.2) is 0 Å². The van der Waals surface area contributed by atoms with E-state index < -0.39 is 0 Å². The van der Waals surface area contributed by atoms with Crippen LogP contribution in [0.15, 0.2) is 12.1 Å². The van der Waals surface area contributed by atoms with Crippen molar-refractivity contribution in [3.63, 3.8) is 0 Å². The smallest absolute Gasteiger partial charge is 0.228 e. The predicted molar refractivity (Wildman–Crippen MR) is 120 cm³/mol. The molecule has 0 radical (unpaired) electrons. The number of carbonyl (C=O) groups excluding carboxylic acids is 2. The summed E-state index contributed by atoms with van der Waals surface area (Å²) >= 11 is 0. The average Bonchev–Trinajstić information content (AvgIpc) is 3.12. The molecule has 2 unspecified atom stereocenters. The van der Waals surface area contributed by atoms with Gasteiger partial charge in [-0.1, -0.05) is 26.7 Å². The van der Waals surface area contributed by atoms with Gasteiger partial charge in [0.1, 0.15) is 5.82 Å². The molecule has 0 aromatic heterocycles. The van der Waals surface area contributed by atoms with Crippen LogP contribution in [0.5, 0.6) is 0 Å². The Labute approximate surface area is 185 Å². The summed E-state index contributed by atoms with van der Waals surface area (Å²) in [5.41, 5.74) is 2.19. The topological polar surface area (TPSA) is 52.7 Å². The zero-order valence-electron chi connectivity index (χ0n) is 19.3. The predicted octanol–water partition coefficient (Wildman–Crippen LogP) is 4.34. The van der Waals surface area contributed by atoms with Crippen LogP contribution in [-0.2, 0) is 16.1 Å². The number of anilines is 1. The van der Waals surface area contributed by atoms with Crippen molar-refractivity contribution >= 4 is 17.5 Å². The number of amides is 2. The Morgan fingerprint density at radius 3 is 2.48 bits per heavy atom. The van der Waals surface area contributed by atoms with E-state index in [-0.39, 0.29) is 35.0 Å². The highest BCUT2D eigenvalue weighted by atomic mass is 19.1. The highest BCUT2D eigenvalue weighted by molar-refractivity contribution is 5.95. The van der Waals surface area contributed by atoms with E-state index in [0.29, 0.717) is 30.2 Å². The van der Waals surface area contributed by atoms with Crippen molar-refractivity contribution in [2.45, 2.75) is 72.4 Å². The first kappa shape index (κ1) is 22.3. The molecule has 1 aliphatic heterocycles. The summed E-state index contributed by atoms with van der Waals surface area (Å²) in [7, 11) is 0. The van der Waals surface area contributed by atoms with Crippen LogP contribution in [0.4, 0.5) is 10.1 Å². The van der Waals surface area contributed by atoms with Crippen molar-refractivity contribution in [2.75, 3.05) is 25.0 Å². The standard InChI is InChI=1S/C25H36FN3O2/c1-16-14-28(11-12-29(16)24(31)18-7-5-6-8-18)15-19-17(2)22(10-9-21(19)26)27-23(30)20-13-25(20,3)4/h9-10,16,18,20H,5-8,11-15H2,1-4H3,(H,27,30). The van der Waals surface area contributed by atoms with Gasteiger partial charge < -0.3 is 10.2 Å². The molecule has 0 bridgehead atoms. The van der Waals surface area contributed by atoms with Crippen LogP contribution in [0.2, 0.25) is 0 Å². The van der Waals surface area contributed by atoms with E-state index in [4.69, 9.17) is 0 Å². The molecule has 1 N–H and O–H groups in total. The number of nitrogens with one attached hydrogen (secondary N) is 1. The van der Waals surface area contributed by atoms with Gasteiger partial charge in [0.25, 0.3) is 0 Å². The van der Waals surface area contributed by atoms with Gasteiger partial charge in [-0.05, 0) is 56.2 Å². The van der Waals surface area contributed by atoms with Gasteiger partial charge in [-0.15, -0.1) is 0 Å². The molecule has 170 valence electrons. The maximum atomic E-state index is 14.7. The molecule has 2 atom stereocenters. The third-order valence-electron chi connectivity index (χ3n) is 7.71. The molecule has 1 saturated heterocycles. The quantitative estimate of drug-likeness (QED) is 0.758. The average molecular weight is 430 g/mol. The fourth-order valence-corrected chi connectivity index (χ4v) is 5.32. The number of halogens is 1. The monoisotopic (exact) mass is 429 g/mol. The molecule has 4 rings (SSSR count). The van der Waals surface area contributed by atoms with Gasteiger partial charge >= 0.3 is 0 Å². The number of rotatable bonds is 5. The lowest BCUT2D eigenvalue weighted by Crippen LogP contribution is -2.54. The van der Waals surface area contributed by atoms with Gasteiger partial charge in [-0.2, -0.15) is 0 Å². The minimum absolute atomic E-state index is 0.0262. The molecule has 5 nitrogen and oxygen atoms in total. The lowest BCUT2D eigenvalue weighted by atomic mass is 10.0. The molecule has 0 spiro atoms. The van der Waals surface area contributed by atoms with Crippen molar-refractivity contribution in [3.05, 3.63) is 29.1 Å². The number of benzene rings is 1. The lowest BCUT2D eigenvalue weighted by Gasteiger charge is -2.41. The molecule has 2 aliphatic carbocycles. The van der Waals surface area contributed by atoms with Gasteiger partial charge in [0, 0.05) is 55.3 Å². The fraction of sp³-hybridized carbons (Fsp3) is 0.680. The Morgan fingerprint density at radius 1 is 1.19 bits per heavy atom. The van der Waals surface area contributed by atoms with Gasteiger partial charge in [0.2, 0.25) is 11.8 Å². The Morgan fingerprint density at radius 2 is 1.87 bits per heavy atom. The van der Waals surface area contributed by atoms with Crippen molar-refractivity contribution in [2.24, 2.45) is 17.3 Å². The summed E-state index contributed by atoms with van der Waals surface area (Å²) in [5.74, 6) is 0.328. The molecule has 6 heteroatoms. The van der Waals surface area contributed by atoms with Crippen molar-refractivity contribution < 1.29 is 14.0 Å². The molecule has 1 heterocycles. The molecule has 2 amide bonds. The number of piperazine rings is 1. The van der Waals surface area contributed by atoms with Crippen LogP contribution >= 0.6 is 0 Å². The van der Waals surface area contributed by atoms with Crippen molar-refractivity contribution in [1.29, 1.82) is 0 Å². The van der Waals surface area contributed by atoms with Gasteiger partial charge in [-0.25, -0.2) is 4.39 Å². The first-order valence-corrected chi connectivity index (χ1v) is 11.8. The second kappa shape index (κ2) is 8.53. The number of carbonyl (C=O) groups is 2. The number of nitrogens with zero attached hydrogens (tertiary/aromatic N) is 2. The summed E-state index contributed by atoms with van der Waals surface area (Å²) in [5, 5.41) is 3.02. The number of hydrogen-bond donors (Lipinski definition) is 1.